The molecule has 0 saturated heterocycles. The Hall–Kier alpha value is -1.07. The van der Waals surface area contributed by atoms with Gasteiger partial charge >= 0.3 is 110 Å². The van der Waals surface area contributed by atoms with Gasteiger partial charge in [-0.2, -0.15) is 18.2 Å². The molecule has 14 nitrogen and oxygen atoms in total. The third-order valence-corrected chi connectivity index (χ3v) is 9.42. The van der Waals surface area contributed by atoms with Crippen LogP contribution in [0.15, 0.2) is 89.0 Å². The number of hydrogen-bond acceptors (Lipinski definition) is 13. The van der Waals surface area contributed by atoms with Crippen LogP contribution in [0.4, 0.5) is 11.4 Å². The maximum Gasteiger partial charge on any atom is 1.00 e. The Labute approximate surface area is 380 Å². The number of hydrogen-bond donors (Lipinski definition) is 0. The predicted octanol–water partition coefficient (Wildman–Crippen LogP) is -6.11. The second kappa shape index (κ2) is 22.6. The summed E-state index contributed by atoms with van der Waals surface area (Å²) in [6.45, 7) is 14.5. The summed E-state index contributed by atoms with van der Waals surface area (Å²) in [7, 11) is -15.2. The molecule has 0 N–H and O–H groups in total. The first-order valence-electron chi connectivity index (χ1n) is 14.5. The fraction of sp³-hybridized carbons (Fsp3) is 0.312. The third kappa shape index (κ3) is 15.4. The van der Waals surface area contributed by atoms with Crippen molar-refractivity contribution in [1.29, 1.82) is 0 Å². The van der Waals surface area contributed by atoms with E-state index in [0.29, 0.717) is 6.54 Å². The van der Waals surface area contributed by atoms with E-state index in [0.717, 1.165) is 39.5 Å². The molecule has 272 valence electrons. The molecule has 2 heterocycles. The first-order chi connectivity index (χ1) is 22.9. The molecule has 0 amide bonds. The summed E-state index contributed by atoms with van der Waals surface area (Å²) in [6.07, 6.45) is 11.6. The largest absolute Gasteiger partial charge is 1.00 e. The second-order valence-electron chi connectivity index (χ2n) is 11.9. The maximum atomic E-state index is 11.6. The Bertz CT molecular complexity index is 2210. The van der Waals surface area contributed by atoms with Crippen LogP contribution in [-0.4, -0.2) is 80.3 Å². The minimum Gasteiger partial charge on any atom is -0.748 e. The van der Waals surface area contributed by atoms with E-state index >= 15 is 0 Å². The Morgan fingerprint density at radius 3 is 1.98 bits per heavy atom. The molecule has 0 saturated carbocycles. The Balaban J connectivity index is 0. The van der Waals surface area contributed by atoms with Crippen molar-refractivity contribution >= 4 is 58.5 Å². The summed E-state index contributed by atoms with van der Waals surface area (Å²) in [4.78, 5) is 1.75. The number of rotatable bonds is 9. The van der Waals surface area contributed by atoms with Gasteiger partial charge in [0.1, 0.15) is 25.9 Å². The van der Waals surface area contributed by atoms with Crippen LogP contribution in [0.2, 0.25) is 0 Å². The van der Waals surface area contributed by atoms with Crippen molar-refractivity contribution in [1.82, 2.24) is 0 Å². The minimum atomic E-state index is -4.57. The van der Waals surface area contributed by atoms with E-state index in [-0.39, 0.29) is 100 Å². The van der Waals surface area contributed by atoms with Crippen LogP contribution in [0.3, 0.4) is 0 Å². The average Bonchev–Trinajstić information content (AvgIpc) is 3.33. The van der Waals surface area contributed by atoms with E-state index in [1.807, 2.05) is 78.8 Å². The zero-order valence-corrected chi connectivity index (χ0v) is 39.9. The Kier molecular flexibility index (Phi) is 23.1. The molecule has 0 atom stereocenters. The van der Waals surface area contributed by atoms with Crippen LogP contribution in [-0.2, 0) is 52.3 Å². The number of allylic oxidation sites excluding steroid dienone is 8. The van der Waals surface area contributed by atoms with Crippen LogP contribution in [0.25, 0.3) is 0 Å². The molecule has 21 heteroatoms. The van der Waals surface area contributed by atoms with Gasteiger partial charge in [-0.3, -0.25) is 0 Å². The van der Waals surface area contributed by atoms with Crippen LogP contribution in [0.5, 0.6) is 0 Å². The normalized spacial score (nSPS) is 16.3. The van der Waals surface area contributed by atoms with Gasteiger partial charge in [0.05, 0.1) is 10.6 Å². The zero-order chi connectivity index (χ0) is 38.2. The fourth-order valence-electron chi connectivity index (χ4n) is 5.69. The zero-order valence-electron chi connectivity index (χ0n) is 30.7. The van der Waals surface area contributed by atoms with Crippen molar-refractivity contribution in [2.24, 2.45) is 0 Å². The Morgan fingerprint density at radius 1 is 0.906 bits per heavy atom. The summed E-state index contributed by atoms with van der Waals surface area (Å²) in [6, 6.07) is 13.1. The molecule has 0 bridgehead atoms. The van der Waals surface area contributed by atoms with Crippen LogP contribution in [0.1, 0.15) is 45.7 Å². The van der Waals surface area contributed by atoms with Crippen LogP contribution >= 0.6 is 0 Å². The first-order valence-corrected chi connectivity index (χ1v) is 19.5. The summed E-state index contributed by atoms with van der Waals surface area (Å²) < 4.78 is 122. The minimum absolute atomic E-state index is 0. The quantitative estimate of drug-likeness (QED) is 0.0756. The molecule has 2 aliphatic heterocycles. The third-order valence-electron chi connectivity index (χ3n) is 7.90. The van der Waals surface area contributed by atoms with E-state index in [1.54, 1.807) is 12.1 Å². The summed E-state index contributed by atoms with van der Waals surface area (Å²) in [5.74, 6) is -0.497. The molecule has 2 aromatic carbocycles. The molecule has 0 unspecified atom stereocenters. The average molecular weight is 837 g/mol. The molecule has 0 aliphatic carbocycles. The molecule has 4 rings (SSSR count). The molecule has 0 spiro atoms. The van der Waals surface area contributed by atoms with Crippen molar-refractivity contribution in [2.75, 3.05) is 23.7 Å². The van der Waals surface area contributed by atoms with Crippen LogP contribution in [0, 0.1) is 13.0 Å². The van der Waals surface area contributed by atoms with E-state index in [1.165, 1.54) is 12.1 Å². The molecule has 2 aliphatic rings. The van der Waals surface area contributed by atoms with Gasteiger partial charge in [-0.1, -0.05) is 63.1 Å². The molecular formula is C32H35N2Na3O12S4. The first kappa shape index (κ1) is 54.0. The second-order valence-corrected chi connectivity index (χ2v) is 15.6. The fourth-order valence-corrected chi connectivity index (χ4v) is 6.60. The predicted molar refractivity (Wildman–Crippen MR) is 182 cm³/mol. The molecule has 53 heavy (non-hydrogen) atoms. The van der Waals surface area contributed by atoms with Gasteiger partial charge in [0, 0.05) is 28.3 Å². The van der Waals surface area contributed by atoms with E-state index in [4.69, 9.17) is 25.3 Å². The van der Waals surface area contributed by atoms with Gasteiger partial charge in [0.2, 0.25) is 0 Å². The number of anilines is 1. The summed E-state index contributed by atoms with van der Waals surface area (Å²) in [5, 5.41) is 0. The smallest absolute Gasteiger partial charge is 0.748 e. The SMILES string of the molecule is O=S(=O)=O.O=S(=O)=O.[CH2-]CN1/C(=C/C=C/C(C)=C/C=C/C2=[N+](CCS(=O)(=O)[O-])c3cc[c-]cc3C2(C)C)C(C)(C)c2cc(S(=O)(=O)[O-])ccc21.[Na+].[Na+].[Na+]. The van der Waals surface area contributed by atoms with Gasteiger partial charge < -0.3 is 20.9 Å². The molecule has 0 aromatic heterocycles. The molecule has 0 radical (unpaired) electrons. The van der Waals surface area contributed by atoms with Crippen LogP contribution < -0.4 is 93.6 Å². The summed E-state index contributed by atoms with van der Waals surface area (Å²) in [5.41, 5.74) is 5.25. The van der Waals surface area contributed by atoms with Crippen molar-refractivity contribution in [2.45, 2.75) is 50.3 Å². The topological polar surface area (TPSA) is 223 Å². The number of benzene rings is 2. The monoisotopic (exact) mass is 836 g/mol. The molecule has 2 aromatic rings. The van der Waals surface area contributed by atoms with Crippen molar-refractivity contribution in [3.05, 3.63) is 108 Å². The summed E-state index contributed by atoms with van der Waals surface area (Å²) >= 11 is 0. The van der Waals surface area contributed by atoms with Crippen molar-refractivity contribution in [3.8, 4) is 0 Å². The van der Waals surface area contributed by atoms with Gasteiger partial charge in [0.15, 0.2) is 12.3 Å². The molecular weight excluding hydrogens is 802 g/mol. The van der Waals surface area contributed by atoms with Crippen molar-refractivity contribution in [3.63, 3.8) is 0 Å². The van der Waals surface area contributed by atoms with E-state index in [9.17, 15) is 25.9 Å². The van der Waals surface area contributed by atoms with Gasteiger partial charge in [-0.25, -0.2) is 21.4 Å². The standard InChI is InChI=1S/C32H37N2O6S2.3Na.2O3S/c1-7-33-28-19-18-24(42(38,39)40)22-26(28)32(5,6)29(33)16-10-12-23(2)13-11-17-30-31(3,4)25-14-8-9-15-27(25)34(30)20-21-41(35,36)37;;;;2*1-4(2)3/h9-19,22H,1,7,20-21H2,2-6H3,(H,35,36,37)(H,38,39,40);;;;;/q-1;3*+1;;/p-2. The Morgan fingerprint density at radius 2 is 1.47 bits per heavy atom. The van der Waals surface area contributed by atoms with E-state index in [2.05, 4.69) is 26.8 Å². The number of nitrogens with zero attached hydrogens (tertiary/aromatic N) is 2. The van der Waals surface area contributed by atoms with Gasteiger partial charge in [-0.05, 0) is 36.8 Å². The van der Waals surface area contributed by atoms with Crippen molar-refractivity contribution < 1.29 is 144 Å². The van der Waals surface area contributed by atoms with Gasteiger partial charge in [-0.15, -0.1) is 37.9 Å². The number of fused-ring (bicyclic) bond motifs is 2. The maximum absolute atomic E-state index is 11.6. The molecule has 0 fully saturated rings. The van der Waals surface area contributed by atoms with E-state index < -0.39 is 58.0 Å². The van der Waals surface area contributed by atoms with Gasteiger partial charge in [0.25, 0.3) is 0 Å².